The van der Waals surface area contributed by atoms with Gasteiger partial charge in [0.1, 0.15) is 18.1 Å². The van der Waals surface area contributed by atoms with E-state index in [0.29, 0.717) is 5.75 Å². The Labute approximate surface area is 225 Å². The lowest BCUT2D eigenvalue weighted by molar-refractivity contribution is -0.134. The summed E-state index contributed by atoms with van der Waals surface area (Å²) in [4.78, 5) is 13.6. The van der Waals surface area contributed by atoms with Crippen molar-refractivity contribution in [1.29, 1.82) is 0 Å². The molecule has 8 nitrogen and oxygen atoms in total. The summed E-state index contributed by atoms with van der Waals surface area (Å²) in [6.07, 6.45) is 3.26. The molecular formula is C29H37N3O5S. The fourth-order valence-electron chi connectivity index (χ4n) is 4.36. The second-order valence-corrected chi connectivity index (χ2v) is 12.3. The molecule has 0 bridgehead atoms. The molecule has 0 aliphatic rings. The van der Waals surface area contributed by atoms with Crippen molar-refractivity contribution in [3.8, 4) is 5.75 Å². The first-order valence-corrected chi connectivity index (χ1v) is 14.1. The summed E-state index contributed by atoms with van der Waals surface area (Å²) in [5, 5.41) is 11.7. The number of hydrogen-bond acceptors (Lipinski definition) is 7. The molecular weight excluding hydrogens is 502 g/mol. The molecule has 1 atom stereocenters. The van der Waals surface area contributed by atoms with Crippen LogP contribution in [-0.2, 0) is 31.3 Å². The third kappa shape index (κ3) is 6.52. The van der Waals surface area contributed by atoms with Gasteiger partial charge < -0.3 is 20.9 Å². The zero-order valence-corrected chi connectivity index (χ0v) is 23.2. The van der Waals surface area contributed by atoms with Gasteiger partial charge in [-0.25, -0.2) is 13.4 Å². The normalized spacial score (nSPS) is 13.5. The summed E-state index contributed by atoms with van der Waals surface area (Å²) in [7, 11) is -2.66. The monoisotopic (exact) mass is 539 g/mol. The van der Waals surface area contributed by atoms with E-state index in [4.69, 9.17) is 15.6 Å². The highest BCUT2D eigenvalue weighted by atomic mass is 32.2. The SMILES string of the molecule is CCCCC(C)(C)c1ccc(CC(N)(c2cccc(NCC(=O)O)n2)S(=O)(=O)c2ccc(OC)cc2)cc1. The van der Waals surface area contributed by atoms with Crippen LogP contribution in [0.3, 0.4) is 0 Å². The maximum Gasteiger partial charge on any atom is 0.322 e. The topological polar surface area (TPSA) is 132 Å². The van der Waals surface area contributed by atoms with E-state index in [-0.39, 0.29) is 34.8 Å². The molecule has 3 rings (SSSR count). The molecule has 3 aromatic rings. The van der Waals surface area contributed by atoms with Crippen LogP contribution in [0.4, 0.5) is 5.82 Å². The number of carboxylic acids is 1. The van der Waals surface area contributed by atoms with Gasteiger partial charge in [0.15, 0.2) is 4.87 Å². The minimum Gasteiger partial charge on any atom is -0.497 e. The molecule has 0 saturated heterocycles. The third-order valence-electron chi connectivity index (χ3n) is 6.81. The Bertz CT molecular complexity index is 1340. The van der Waals surface area contributed by atoms with E-state index in [0.717, 1.165) is 24.8 Å². The number of aliphatic carboxylic acids is 1. The fourth-order valence-corrected chi connectivity index (χ4v) is 6.02. The number of aromatic nitrogens is 1. The van der Waals surface area contributed by atoms with E-state index in [1.807, 2.05) is 24.3 Å². The molecule has 0 saturated carbocycles. The van der Waals surface area contributed by atoms with Crippen molar-refractivity contribution < 1.29 is 23.1 Å². The molecule has 4 N–H and O–H groups in total. The molecule has 0 amide bonds. The van der Waals surface area contributed by atoms with E-state index < -0.39 is 20.7 Å². The number of carbonyl (C=O) groups is 1. The molecule has 0 radical (unpaired) electrons. The predicted molar refractivity (Wildman–Crippen MR) is 149 cm³/mol. The average molecular weight is 540 g/mol. The minimum atomic E-state index is -4.16. The van der Waals surface area contributed by atoms with Crippen molar-refractivity contribution in [2.45, 2.75) is 61.6 Å². The Morgan fingerprint density at radius 2 is 1.71 bits per heavy atom. The molecule has 9 heteroatoms. The molecule has 2 aromatic carbocycles. The predicted octanol–water partition coefficient (Wildman–Crippen LogP) is 4.88. The molecule has 0 aliphatic carbocycles. The van der Waals surface area contributed by atoms with E-state index >= 15 is 0 Å². The van der Waals surface area contributed by atoms with Gasteiger partial charge in [0.2, 0.25) is 9.84 Å². The number of pyridine rings is 1. The average Bonchev–Trinajstić information content (AvgIpc) is 2.91. The van der Waals surface area contributed by atoms with Crippen LogP contribution in [0, 0.1) is 0 Å². The molecule has 0 spiro atoms. The van der Waals surface area contributed by atoms with Gasteiger partial charge in [-0.15, -0.1) is 0 Å². The lowest BCUT2D eigenvalue weighted by atomic mass is 9.80. The number of carboxylic acid groups (broad SMARTS) is 1. The van der Waals surface area contributed by atoms with E-state index in [2.05, 4.69) is 31.1 Å². The van der Waals surface area contributed by atoms with Gasteiger partial charge in [-0.05, 0) is 59.4 Å². The second kappa shape index (κ2) is 12.0. The number of rotatable bonds is 13. The number of ether oxygens (including phenoxy) is 1. The largest absolute Gasteiger partial charge is 0.497 e. The molecule has 1 heterocycles. The number of benzene rings is 2. The third-order valence-corrected chi connectivity index (χ3v) is 9.02. The molecule has 38 heavy (non-hydrogen) atoms. The number of nitrogens with two attached hydrogens (primary N) is 1. The van der Waals surface area contributed by atoms with Crippen LogP contribution in [-0.4, -0.2) is 38.1 Å². The highest BCUT2D eigenvalue weighted by molar-refractivity contribution is 7.92. The Morgan fingerprint density at radius 1 is 1.05 bits per heavy atom. The first kappa shape index (κ1) is 29.1. The standard InChI is InChI=1S/C29H37N3O5S/c1-5-6-18-28(2,3)22-12-10-21(11-13-22)19-29(30,25-8-7-9-26(32-25)31-20-27(33)34)38(35,36)24-16-14-23(37-4)15-17-24/h7-17H,5-6,18-20,30H2,1-4H3,(H,31,32)(H,33,34). The molecule has 204 valence electrons. The minimum absolute atomic E-state index is 0.00475. The van der Waals surface area contributed by atoms with Gasteiger partial charge in [-0.2, -0.15) is 0 Å². The maximum atomic E-state index is 14.1. The number of sulfone groups is 1. The van der Waals surface area contributed by atoms with Crippen molar-refractivity contribution >= 4 is 21.6 Å². The summed E-state index contributed by atoms with van der Waals surface area (Å²) >= 11 is 0. The molecule has 1 unspecified atom stereocenters. The first-order valence-electron chi connectivity index (χ1n) is 12.6. The van der Waals surface area contributed by atoms with Gasteiger partial charge in [0.25, 0.3) is 0 Å². The summed E-state index contributed by atoms with van der Waals surface area (Å²) in [6.45, 7) is 6.22. The van der Waals surface area contributed by atoms with Crippen molar-refractivity contribution in [2.24, 2.45) is 5.73 Å². The lowest BCUT2D eigenvalue weighted by Gasteiger charge is -2.30. The number of anilines is 1. The molecule has 0 fully saturated rings. The van der Waals surface area contributed by atoms with E-state index in [9.17, 15) is 13.2 Å². The summed E-state index contributed by atoms with van der Waals surface area (Å²) in [5.41, 5.74) is 8.84. The Hall–Kier alpha value is -3.43. The Kier molecular flexibility index (Phi) is 9.17. The van der Waals surface area contributed by atoms with Gasteiger partial charge in [0, 0.05) is 6.42 Å². The fraction of sp³-hybridized carbons (Fsp3) is 0.379. The smallest absolute Gasteiger partial charge is 0.322 e. The van der Waals surface area contributed by atoms with Crippen LogP contribution in [0.1, 0.15) is 56.9 Å². The van der Waals surface area contributed by atoms with Crippen LogP contribution < -0.4 is 15.8 Å². The highest BCUT2D eigenvalue weighted by Gasteiger charge is 2.44. The summed E-state index contributed by atoms with van der Waals surface area (Å²) in [5.74, 6) is -0.326. The van der Waals surface area contributed by atoms with E-state index in [1.165, 1.54) is 24.8 Å². The molecule has 0 aliphatic heterocycles. The van der Waals surface area contributed by atoms with Gasteiger partial charge in [-0.3, -0.25) is 4.79 Å². The maximum absolute atomic E-state index is 14.1. The van der Waals surface area contributed by atoms with Gasteiger partial charge in [-0.1, -0.05) is 63.9 Å². The quantitative estimate of drug-likeness (QED) is 0.280. The highest BCUT2D eigenvalue weighted by Crippen LogP contribution is 2.36. The van der Waals surface area contributed by atoms with Crippen molar-refractivity contribution in [2.75, 3.05) is 19.0 Å². The zero-order valence-electron chi connectivity index (χ0n) is 22.4. The number of nitrogens with zero attached hydrogens (tertiary/aromatic N) is 1. The number of methoxy groups -OCH3 is 1. The van der Waals surface area contributed by atoms with Crippen molar-refractivity contribution in [3.63, 3.8) is 0 Å². The summed E-state index contributed by atoms with van der Waals surface area (Å²) < 4.78 is 33.3. The van der Waals surface area contributed by atoms with Crippen LogP contribution in [0.15, 0.2) is 71.6 Å². The van der Waals surface area contributed by atoms with Crippen LogP contribution in [0.5, 0.6) is 5.75 Å². The van der Waals surface area contributed by atoms with E-state index in [1.54, 1.807) is 30.3 Å². The first-order chi connectivity index (χ1) is 17.9. The Balaban J connectivity index is 2.06. The Morgan fingerprint density at radius 3 is 2.29 bits per heavy atom. The van der Waals surface area contributed by atoms with Crippen molar-refractivity contribution in [1.82, 2.24) is 4.98 Å². The van der Waals surface area contributed by atoms with Crippen LogP contribution in [0.25, 0.3) is 0 Å². The second-order valence-electron chi connectivity index (χ2n) is 10.1. The zero-order chi connectivity index (χ0) is 28.0. The number of unbranched alkanes of at least 4 members (excludes halogenated alkanes) is 1. The number of hydrogen-bond donors (Lipinski definition) is 3. The van der Waals surface area contributed by atoms with Crippen LogP contribution in [0.2, 0.25) is 0 Å². The van der Waals surface area contributed by atoms with Crippen LogP contribution >= 0.6 is 0 Å². The van der Waals surface area contributed by atoms with Gasteiger partial charge >= 0.3 is 5.97 Å². The number of nitrogens with one attached hydrogen (secondary N) is 1. The van der Waals surface area contributed by atoms with Gasteiger partial charge in [0.05, 0.1) is 17.7 Å². The summed E-state index contributed by atoms with van der Waals surface area (Å²) in [6, 6.07) is 18.7. The van der Waals surface area contributed by atoms with Crippen molar-refractivity contribution in [3.05, 3.63) is 83.6 Å². The molecule has 1 aromatic heterocycles. The lowest BCUT2D eigenvalue weighted by Crippen LogP contribution is -2.47.